The second kappa shape index (κ2) is 11.2. The van der Waals surface area contributed by atoms with E-state index in [4.69, 9.17) is 4.98 Å². The highest BCUT2D eigenvalue weighted by atomic mass is 32.2. The van der Waals surface area contributed by atoms with Gasteiger partial charge in [0.25, 0.3) is 5.91 Å². The van der Waals surface area contributed by atoms with Gasteiger partial charge in [-0.05, 0) is 36.4 Å². The lowest BCUT2D eigenvalue weighted by molar-refractivity contribution is 0.0950. The highest BCUT2D eigenvalue weighted by Gasteiger charge is 2.13. The monoisotopic (exact) mass is 553 g/mol. The van der Waals surface area contributed by atoms with Crippen LogP contribution in [0.15, 0.2) is 70.3 Å². The van der Waals surface area contributed by atoms with Crippen LogP contribution in [-0.4, -0.2) is 70.3 Å². The van der Waals surface area contributed by atoms with Crippen LogP contribution in [0.1, 0.15) is 16.1 Å². The average molecular weight is 554 g/mol. The Hall–Kier alpha value is -3.97. The molecule has 0 saturated carbocycles. The van der Waals surface area contributed by atoms with Crippen LogP contribution >= 0.6 is 0 Å². The molecule has 198 valence electrons. The molecule has 4 rings (SSSR count). The Morgan fingerprint density at radius 1 is 0.947 bits per heavy atom. The van der Waals surface area contributed by atoms with Crippen molar-refractivity contribution in [2.24, 2.45) is 4.36 Å². The number of carbonyl (C=O) groups is 1. The quantitative estimate of drug-likeness (QED) is 0.297. The van der Waals surface area contributed by atoms with E-state index in [9.17, 15) is 17.4 Å². The maximum absolute atomic E-state index is 12.6. The second-order valence-electron chi connectivity index (χ2n) is 8.80. The van der Waals surface area contributed by atoms with E-state index < -0.39 is 25.5 Å². The number of nitrogens with one attached hydrogen (secondary N) is 2. The fourth-order valence-corrected chi connectivity index (χ4v) is 4.57. The van der Waals surface area contributed by atoms with Crippen molar-refractivity contribution in [3.63, 3.8) is 0 Å². The van der Waals surface area contributed by atoms with E-state index in [2.05, 4.69) is 29.9 Å². The van der Waals surface area contributed by atoms with Crippen molar-refractivity contribution < 1.29 is 17.4 Å². The first-order valence-corrected chi connectivity index (χ1v) is 15.7. The summed E-state index contributed by atoms with van der Waals surface area (Å²) in [5.41, 5.74) is 2.75. The molecule has 4 aromatic heterocycles. The Bertz CT molecular complexity index is 1730. The van der Waals surface area contributed by atoms with Crippen LogP contribution in [0.5, 0.6) is 0 Å². The summed E-state index contributed by atoms with van der Waals surface area (Å²) in [6.07, 6.45) is 8.44. The normalized spacial score (nSPS) is 11.8. The van der Waals surface area contributed by atoms with Gasteiger partial charge in [-0.15, -0.1) is 0 Å². The van der Waals surface area contributed by atoms with Gasteiger partial charge in [-0.2, -0.15) is 0 Å². The highest BCUT2D eigenvalue weighted by molar-refractivity contribution is 7.92. The number of hydrogen-bond acceptors (Lipinski definition) is 10. The number of hydrogen-bond donors (Lipinski definition) is 2. The minimum atomic E-state index is -3.48. The predicted molar refractivity (Wildman–Crippen MR) is 147 cm³/mol. The molecule has 0 aliphatic rings. The third kappa shape index (κ3) is 7.29. The minimum absolute atomic E-state index is 0.0269. The molecule has 0 aliphatic heterocycles. The summed E-state index contributed by atoms with van der Waals surface area (Å²) in [4.78, 5) is 30.1. The third-order valence-corrected chi connectivity index (χ3v) is 7.18. The molecule has 0 aliphatic carbocycles. The largest absolute Gasteiger partial charge is 0.368 e. The van der Waals surface area contributed by atoms with Gasteiger partial charge in [0.15, 0.2) is 9.84 Å². The summed E-state index contributed by atoms with van der Waals surface area (Å²) < 4.78 is 39.3. The Morgan fingerprint density at radius 2 is 1.74 bits per heavy atom. The molecule has 0 fully saturated rings. The van der Waals surface area contributed by atoms with Crippen LogP contribution in [0, 0.1) is 0 Å². The van der Waals surface area contributed by atoms with Crippen LogP contribution in [0.3, 0.4) is 0 Å². The van der Waals surface area contributed by atoms with Crippen LogP contribution < -0.4 is 10.6 Å². The summed E-state index contributed by atoms with van der Waals surface area (Å²) in [5, 5.41) is 6.74. The van der Waals surface area contributed by atoms with Gasteiger partial charge in [0.2, 0.25) is 0 Å². The molecular formula is C25H27N7O4S2. The molecule has 11 nitrogen and oxygen atoms in total. The number of aromatic nitrogens is 4. The maximum Gasteiger partial charge on any atom is 0.253 e. The van der Waals surface area contributed by atoms with E-state index in [1.54, 1.807) is 24.8 Å². The molecule has 0 radical (unpaired) electrons. The van der Waals surface area contributed by atoms with E-state index in [0.29, 0.717) is 41.5 Å². The lowest BCUT2D eigenvalue weighted by Crippen LogP contribution is -2.23. The first-order chi connectivity index (χ1) is 18.0. The zero-order chi connectivity index (χ0) is 27.3. The van der Waals surface area contributed by atoms with Gasteiger partial charge >= 0.3 is 0 Å². The van der Waals surface area contributed by atoms with Crippen molar-refractivity contribution in [1.29, 1.82) is 0 Å². The molecule has 0 atom stereocenters. The van der Waals surface area contributed by atoms with Crippen LogP contribution in [0.2, 0.25) is 0 Å². The molecule has 38 heavy (non-hydrogen) atoms. The summed E-state index contributed by atoms with van der Waals surface area (Å²) >= 11 is 0. The van der Waals surface area contributed by atoms with Crippen molar-refractivity contribution in [3.8, 4) is 11.4 Å². The number of rotatable bonds is 9. The van der Waals surface area contributed by atoms with Crippen molar-refractivity contribution in [2.45, 2.75) is 11.4 Å². The predicted octanol–water partition coefficient (Wildman–Crippen LogP) is 2.56. The van der Waals surface area contributed by atoms with Gasteiger partial charge in [0.1, 0.15) is 5.82 Å². The van der Waals surface area contributed by atoms with Crippen molar-refractivity contribution in [1.82, 2.24) is 25.3 Å². The van der Waals surface area contributed by atoms with Crippen molar-refractivity contribution in [3.05, 3.63) is 72.3 Å². The number of pyridine rings is 4. The van der Waals surface area contributed by atoms with Crippen LogP contribution in [-0.2, 0) is 26.1 Å². The highest BCUT2D eigenvalue weighted by Crippen LogP contribution is 2.21. The van der Waals surface area contributed by atoms with E-state index >= 15 is 0 Å². The summed E-state index contributed by atoms with van der Waals surface area (Å²) in [6.45, 7) is 1.04. The summed E-state index contributed by atoms with van der Waals surface area (Å²) in [6, 6.07) is 12.4. The zero-order valence-electron chi connectivity index (χ0n) is 21.1. The molecule has 0 saturated heterocycles. The summed E-state index contributed by atoms with van der Waals surface area (Å²) in [5.74, 6) is 0.194. The van der Waals surface area contributed by atoms with E-state index in [1.807, 2.05) is 30.3 Å². The molecule has 1 amide bonds. The number of anilines is 1. The molecule has 13 heteroatoms. The first kappa shape index (κ1) is 27.1. The molecule has 0 unspecified atom stereocenters. The number of fused-ring (bicyclic) bond motifs is 1. The van der Waals surface area contributed by atoms with Gasteiger partial charge in [-0.3, -0.25) is 19.0 Å². The number of carbonyl (C=O) groups excluding carboxylic acids is 1. The topological polar surface area (TPSA) is 156 Å². The van der Waals surface area contributed by atoms with Crippen molar-refractivity contribution in [2.75, 3.05) is 37.2 Å². The standard InChI is InChI=1S/C25H27N7O4S2/c1-37(2,34)30-10-9-27-24-6-4-5-21(32-24)22-8-7-17-14-28-19(12-23(17)31-22)15-29-25(33)18-11-20(16-26-13-18)38(3,35)36/h4-8,11-14,16H,9-10,15H2,1-3H3,(H,27,32)(H,29,33). The molecule has 4 heterocycles. The van der Waals surface area contributed by atoms with Gasteiger partial charge in [0.05, 0.1) is 46.1 Å². The molecule has 4 aromatic rings. The van der Waals surface area contributed by atoms with E-state index in [1.165, 1.54) is 18.5 Å². The third-order valence-electron chi connectivity index (χ3n) is 5.30. The van der Waals surface area contributed by atoms with Crippen molar-refractivity contribution >= 4 is 42.2 Å². The number of sulfone groups is 1. The SMILES string of the molecule is CS(=O)(=O)c1cncc(C(=O)NCc2cc3nc(-c4cccc(NCCN=S(C)(C)=O)n4)ccc3cn2)c1. The smallest absolute Gasteiger partial charge is 0.253 e. The minimum Gasteiger partial charge on any atom is -0.368 e. The molecule has 0 bridgehead atoms. The Labute approximate surface area is 221 Å². The molecular weight excluding hydrogens is 526 g/mol. The number of amides is 1. The Morgan fingerprint density at radius 3 is 2.50 bits per heavy atom. The second-order valence-corrected chi connectivity index (χ2v) is 13.4. The lowest BCUT2D eigenvalue weighted by Gasteiger charge is -2.09. The zero-order valence-corrected chi connectivity index (χ0v) is 22.7. The van der Waals surface area contributed by atoms with Gasteiger partial charge < -0.3 is 10.6 Å². The maximum atomic E-state index is 12.6. The first-order valence-electron chi connectivity index (χ1n) is 11.5. The molecule has 0 spiro atoms. The molecule has 0 aromatic carbocycles. The van der Waals surface area contributed by atoms with E-state index in [-0.39, 0.29) is 17.0 Å². The van der Waals surface area contributed by atoms with Gasteiger partial charge in [-0.25, -0.2) is 22.7 Å². The summed E-state index contributed by atoms with van der Waals surface area (Å²) in [7, 11) is -5.61. The number of nitrogens with zero attached hydrogens (tertiary/aromatic N) is 5. The average Bonchev–Trinajstić information content (AvgIpc) is 2.88. The fourth-order valence-electron chi connectivity index (χ4n) is 3.44. The van der Waals surface area contributed by atoms with Crippen LogP contribution in [0.4, 0.5) is 5.82 Å². The molecule has 2 N–H and O–H groups in total. The van der Waals surface area contributed by atoms with Gasteiger partial charge in [0, 0.05) is 59.0 Å². The van der Waals surface area contributed by atoms with E-state index in [0.717, 1.165) is 11.6 Å². The lowest BCUT2D eigenvalue weighted by atomic mass is 10.2. The fraction of sp³-hybridized carbons (Fsp3) is 0.240. The van der Waals surface area contributed by atoms with Crippen LogP contribution in [0.25, 0.3) is 22.3 Å². The Balaban J connectivity index is 1.47. The Kier molecular flexibility index (Phi) is 7.97. The van der Waals surface area contributed by atoms with Gasteiger partial charge in [-0.1, -0.05) is 6.07 Å².